The second kappa shape index (κ2) is 14.9. The fourth-order valence-electron chi connectivity index (χ4n) is 8.62. The summed E-state index contributed by atoms with van der Waals surface area (Å²) in [4.78, 5) is 54.1. The number of aromatic amines is 1. The Bertz CT molecular complexity index is 2040. The minimum Gasteiger partial charge on any atom is -0.398 e. The Hall–Kier alpha value is -4.60. The maximum Gasteiger partial charge on any atom is 0.418 e. The number of piperidine rings is 3. The molecule has 0 saturated carbocycles. The quantitative estimate of drug-likeness (QED) is 0.167. The number of hydrogen-bond donors (Lipinski definition) is 2. The molecule has 0 spiro atoms. The van der Waals surface area contributed by atoms with Crippen LogP contribution in [0.4, 0.5) is 32.0 Å². The van der Waals surface area contributed by atoms with E-state index in [0.717, 1.165) is 36.8 Å². The lowest BCUT2D eigenvalue weighted by atomic mass is 9.90. The summed E-state index contributed by atoms with van der Waals surface area (Å²) in [6, 6.07) is 8.58. The van der Waals surface area contributed by atoms with Gasteiger partial charge in [0.05, 0.1) is 45.5 Å². The summed E-state index contributed by atoms with van der Waals surface area (Å²) >= 11 is 0. The number of alkyl halides is 6. The molecular weight excluding hydrogens is 716 g/mol. The second-order valence-electron chi connectivity index (χ2n) is 14.8. The molecule has 1 unspecified atom stereocenters. The number of halogens is 6. The van der Waals surface area contributed by atoms with Gasteiger partial charge in [-0.1, -0.05) is 24.6 Å². The standard InChI is InChI=1S/C38H43F6N7O3/c39-37(40,41)28-19-23(20-29(33(28)45)38(42,43)44)18-24(35(53)50-16-8-25(9-17-50)48-12-4-1-5-13-48)21-32(52)49-14-10-26(11-15-49)51-31-22-46-30-7-3-2-6-27(30)34(31)47-36(51)54/h2-3,6-7,19-20,22,24-26H,1,4-5,8-18,21,45H2,(H,47,54). The number of benzene rings is 2. The topological polar surface area (TPSA) is 121 Å². The van der Waals surface area contributed by atoms with Crippen molar-refractivity contribution in [2.75, 3.05) is 45.0 Å². The fraction of sp³-hybridized carbons (Fsp3) is 0.526. The Morgan fingerprint density at radius 1 is 0.833 bits per heavy atom. The molecule has 3 N–H and O–H groups in total. The van der Waals surface area contributed by atoms with Crippen LogP contribution in [0.2, 0.25) is 0 Å². The number of rotatable bonds is 7. The predicted octanol–water partition coefficient (Wildman–Crippen LogP) is 6.39. The van der Waals surface area contributed by atoms with Crippen LogP contribution < -0.4 is 11.4 Å². The first-order valence-electron chi connectivity index (χ1n) is 18.5. The third-order valence-electron chi connectivity index (χ3n) is 11.4. The first-order chi connectivity index (χ1) is 25.7. The lowest BCUT2D eigenvalue weighted by molar-refractivity contribution is -0.143. The van der Waals surface area contributed by atoms with Crippen molar-refractivity contribution in [1.29, 1.82) is 0 Å². The van der Waals surface area contributed by atoms with E-state index < -0.39 is 59.7 Å². The molecule has 2 aromatic carbocycles. The smallest absolute Gasteiger partial charge is 0.398 e. The summed E-state index contributed by atoms with van der Waals surface area (Å²) in [5, 5.41) is 0.802. The summed E-state index contributed by atoms with van der Waals surface area (Å²) < 4.78 is 85.2. The number of nitrogens with one attached hydrogen (secondary N) is 1. The van der Waals surface area contributed by atoms with Gasteiger partial charge in [-0.15, -0.1) is 0 Å². The fourth-order valence-corrected chi connectivity index (χ4v) is 8.62. The molecule has 10 nitrogen and oxygen atoms in total. The van der Waals surface area contributed by atoms with Gasteiger partial charge in [0.25, 0.3) is 0 Å². The highest BCUT2D eigenvalue weighted by Crippen LogP contribution is 2.42. The molecule has 7 rings (SSSR count). The van der Waals surface area contributed by atoms with Gasteiger partial charge in [0.2, 0.25) is 11.8 Å². The Morgan fingerprint density at radius 2 is 1.43 bits per heavy atom. The number of imidazole rings is 1. The third-order valence-corrected chi connectivity index (χ3v) is 11.4. The van der Waals surface area contributed by atoms with E-state index in [1.54, 1.807) is 20.6 Å². The van der Waals surface area contributed by atoms with Crippen molar-refractivity contribution in [3.05, 3.63) is 69.8 Å². The Labute approximate surface area is 307 Å². The molecule has 0 bridgehead atoms. The van der Waals surface area contributed by atoms with Gasteiger partial charge in [-0.2, -0.15) is 26.3 Å². The van der Waals surface area contributed by atoms with Crippen LogP contribution >= 0.6 is 0 Å². The summed E-state index contributed by atoms with van der Waals surface area (Å²) in [6.07, 6.45) is -4.02. The van der Waals surface area contributed by atoms with Crippen LogP contribution in [0.1, 0.15) is 74.1 Å². The highest BCUT2D eigenvalue weighted by molar-refractivity contribution is 6.01. The molecule has 16 heteroatoms. The van der Waals surface area contributed by atoms with E-state index in [-0.39, 0.29) is 36.4 Å². The molecular formula is C38H43F6N7O3. The van der Waals surface area contributed by atoms with Gasteiger partial charge in [-0.3, -0.25) is 19.1 Å². The average molecular weight is 760 g/mol. The number of carbonyl (C=O) groups is 2. The number of nitrogens with two attached hydrogens (primary N) is 1. The molecule has 1 atom stereocenters. The second-order valence-corrected chi connectivity index (χ2v) is 14.8. The van der Waals surface area contributed by atoms with Crippen molar-refractivity contribution in [2.24, 2.45) is 5.92 Å². The van der Waals surface area contributed by atoms with E-state index >= 15 is 0 Å². The van der Waals surface area contributed by atoms with Crippen LogP contribution in [0.5, 0.6) is 0 Å². The number of hydrogen-bond acceptors (Lipinski definition) is 6. The van der Waals surface area contributed by atoms with Crippen LogP contribution in [0.25, 0.3) is 21.9 Å². The number of H-pyrrole nitrogens is 1. The number of amides is 2. The molecule has 4 aromatic rings. The monoisotopic (exact) mass is 759 g/mol. The van der Waals surface area contributed by atoms with Crippen LogP contribution in [0, 0.1) is 5.92 Å². The van der Waals surface area contributed by atoms with Crippen LogP contribution in [0.3, 0.4) is 0 Å². The van der Waals surface area contributed by atoms with E-state index in [1.807, 2.05) is 24.3 Å². The number of nitrogen functional groups attached to an aromatic ring is 1. The van der Waals surface area contributed by atoms with Gasteiger partial charge in [0, 0.05) is 50.1 Å². The van der Waals surface area contributed by atoms with Crippen molar-refractivity contribution < 1.29 is 35.9 Å². The van der Waals surface area contributed by atoms with Gasteiger partial charge >= 0.3 is 18.0 Å². The Balaban J connectivity index is 1.10. The molecule has 3 fully saturated rings. The van der Waals surface area contributed by atoms with Gasteiger partial charge < -0.3 is 25.4 Å². The van der Waals surface area contributed by atoms with Gasteiger partial charge in [0.1, 0.15) is 0 Å². The van der Waals surface area contributed by atoms with E-state index in [9.17, 15) is 40.7 Å². The molecule has 2 aromatic heterocycles. The summed E-state index contributed by atoms with van der Waals surface area (Å²) in [5.74, 6) is -2.11. The highest BCUT2D eigenvalue weighted by Gasteiger charge is 2.42. The van der Waals surface area contributed by atoms with Crippen molar-refractivity contribution in [2.45, 2.75) is 82.2 Å². The molecule has 0 aliphatic carbocycles. The zero-order valence-corrected chi connectivity index (χ0v) is 29.7. The SMILES string of the molecule is Nc1c(C(F)(F)F)cc(CC(CC(=O)N2CCC(n3c(=O)[nH]c4c5ccccc5ncc43)CC2)C(=O)N2CCC(N3CCCCC3)CC2)cc1C(F)(F)F. The molecule has 2 amide bonds. The van der Waals surface area contributed by atoms with Gasteiger partial charge in [-0.05, 0) is 81.8 Å². The van der Waals surface area contributed by atoms with Crippen molar-refractivity contribution >= 4 is 39.4 Å². The highest BCUT2D eigenvalue weighted by atomic mass is 19.4. The Kier molecular flexibility index (Phi) is 10.4. The number of para-hydroxylation sites is 1. The number of aromatic nitrogens is 3. The predicted molar refractivity (Wildman–Crippen MR) is 190 cm³/mol. The van der Waals surface area contributed by atoms with E-state index in [1.165, 1.54) is 6.42 Å². The third kappa shape index (κ3) is 7.66. The number of anilines is 1. The van der Waals surface area contributed by atoms with Crippen LogP contribution in [-0.2, 0) is 28.4 Å². The lowest BCUT2D eigenvalue weighted by Crippen LogP contribution is -2.50. The van der Waals surface area contributed by atoms with Crippen LogP contribution in [0.15, 0.2) is 47.4 Å². The first kappa shape index (κ1) is 37.7. The van der Waals surface area contributed by atoms with Gasteiger partial charge in [0.15, 0.2) is 0 Å². The minimum absolute atomic E-state index is 0.240. The van der Waals surface area contributed by atoms with E-state index in [2.05, 4.69) is 14.9 Å². The maximum absolute atomic E-state index is 14.1. The molecule has 3 aliphatic rings. The number of pyridine rings is 1. The molecule has 290 valence electrons. The van der Waals surface area contributed by atoms with E-state index in [0.29, 0.717) is 61.9 Å². The molecule has 54 heavy (non-hydrogen) atoms. The minimum atomic E-state index is -5.17. The zero-order chi connectivity index (χ0) is 38.4. The summed E-state index contributed by atoms with van der Waals surface area (Å²) in [6.45, 7) is 3.20. The van der Waals surface area contributed by atoms with Crippen molar-refractivity contribution in [3.63, 3.8) is 0 Å². The number of likely N-dealkylation sites (tertiary alicyclic amines) is 3. The van der Waals surface area contributed by atoms with E-state index in [4.69, 9.17) is 5.73 Å². The number of carbonyl (C=O) groups excluding carboxylic acids is 2. The largest absolute Gasteiger partial charge is 0.418 e. The first-order valence-corrected chi connectivity index (χ1v) is 18.5. The summed E-state index contributed by atoms with van der Waals surface area (Å²) in [5.41, 5.74) is 2.04. The van der Waals surface area contributed by atoms with Crippen molar-refractivity contribution in [1.82, 2.24) is 29.2 Å². The Morgan fingerprint density at radius 3 is 2.06 bits per heavy atom. The summed E-state index contributed by atoms with van der Waals surface area (Å²) in [7, 11) is 0. The maximum atomic E-state index is 14.1. The lowest BCUT2D eigenvalue weighted by Gasteiger charge is -2.41. The molecule has 5 heterocycles. The number of nitrogens with zero attached hydrogens (tertiary/aromatic N) is 5. The van der Waals surface area contributed by atoms with Gasteiger partial charge in [-0.25, -0.2) is 4.79 Å². The molecule has 3 aliphatic heterocycles. The molecule has 0 radical (unpaired) electrons. The molecule has 3 saturated heterocycles. The number of fused-ring (bicyclic) bond motifs is 3. The zero-order valence-electron chi connectivity index (χ0n) is 29.7. The van der Waals surface area contributed by atoms with Crippen molar-refractivity contribution in [3.8, 4) is 0 Å². The normalized spacial score (nSPS) is 19.1. The van der Waals surface area contributed by atoms with Crippen LogP contribution in [-0.4, -0.2) is 86.4 Å². The average Bonchev–Trinajstić information content (AvgIpc) is 3.50.